The van der Waals surface area contributed by atoms with Gasteiger partial charge in [-0.15, -0.1) is 11.3 Å². The molecule has 1 aromatic heterocycles. The van der Waals surface area contributed by atoms with E-state index in [1.807, 2.05) is 6.92 Å². The molecule has 2 N–H and O–H groups in total. The SMILES string of the molecule is Cc1sc(C(=O)N2CCN(C)C(=O)C2)cc1N. The fraction of sp³-hybridized carbons (Fsp3) is 0.455. The molecular formula is C11H15N3O2S. The molecule has 0 aliphatic carbocycles. The van der Waals surface area contributed by atoms with E-state index in [0.29, 0.717) is 23.7 Å². The summed E-state index contributed by atoms with van der Waals surface area (Å²) in [7, 11) is 1.75. The Kier molecular flexibility index (Phi) is 3.06. The van der Waals surface area contributed by atoms with Crippen molar-refractivity contribution in [2.45, 2.75) is 6.92 Å². The number of piperazine rings is 1. The highest BCUT2D eigenvalue weighted by Crippen LogP contribution is 2.24. The molecule has 5 nitrogen and oxygen atoms in total. The van der Waals surface area contributed by atoms with Gasteiger partial charge in [0.05, 0.1) is 4.88 Å². The van der Waals surface area contributed by atoms with Crippen LogP contribution in [0.25, 0.3) is 0 Å². The van der Waals surface area contributed by atoms with Crippen molar-refractivity contribution in [3.05, 3.63) is 15.8 Å². The van der Waals surface area contributed by atoms with Crippen LogP contribution >= 0.6 is 11.3 Å². The first-order chi connectivity index (χ1) is 7.99. The number of hydrogen-bond donors (Lipinski definition) is 1. The largest absolute Gasteiger partial charge is 0.398 e. The van der Waals surface area contributed by atoms with Crippen LogP contribution in [-0.4, -0.2) is 48.3 Å². The molecule has 2 amide bonds. The summed E-state index contributed by atoms with van der Waals surface area (Å²) in [5, 5.41) is 0. The molecule has 0 aromatic carbocycles. The second-order valence-electron chi connectivity index (χ2n) is 4.16. The van der Waals surface area contributed by atoms with Gasteiger partial charge in [-0.3, -0.25) is 9.59 Å². The highest BCUT2D eigenvalue weighted by atomic mass is 32.1. The van der Waals surface area contributed by atoms with Crippen LogP contribution < -0.4 is 5.73 Å². The standard InChI is InChI=1S/C11H15N3O2S/c1-7-8(12)5-9(17-7)11(16)14-4-3-13(2)10(15)6-14/h5H,3-4,6,12H2,1-2H3. The molecule has 0 radical (unpaired) electrons. The minimum atomic E-state index is -0.101. The first-order valence-corrected chi connectivity index (χ1v) is 6.20. The van der Waals surface area contributed by atoms with Gasteiger partial charge in [0.25, 0.3) is 5.91 Å². The molecule has 0 spiro atoms. The smallest absolute Gasteiger partial charge is 0.264 e. The van der Waals surface area contributed by atoms with Gasteiger partial charge in [0.2, 0.25) is 5.91 Å². The van der Waals surface area contributed by atoms with Gasteiger partial charge in [-0.2, -0.15) is 0 Å². The van der Waals surface area contributed by atoms with Crippen LogP contribution in [0.1, 0.15) is 14.5 Å². The third-order valence-corrected chi connectivity index (χ3v) is 3.97. The van der Waals surface area contributed by atoms with Gasteiger partial charge in [-0.25, -0.2) is 0 Å². The molecule has 0 saturated carbocycles. The molecule has 1 aliphatic heterocycles. The molecule has 2 rings (SSSR count). The Hall–Kier alpha value is -1.56. The zero-order valence-electron chi connectivity index (χ0n) is 9.90. The maximum absolute atomic E-state index is 12.1. The molecular weight excluding hydrogens is 238 g/mol. The predicted octanol–water partition coefficient (Wildman–Crippen LogP) is 0.553. The van der Waals surface area contributed by atoms with Crippen LogP contribution in [0.2, 0.25) is 0 Å². The zero-order valence-corrected chi connectivity index (χ0v) is 10.7. The molecule has 17 heavy (non-hydrogen) atoms. The van der Waals surface area contributed by atoms with Crippen molar-refractivity contribution >= 4 is 28.8 Å². The quantitative estimate of drug-likeness (QED) is 0.795. The molecule has 0 unspecified atom stereocenters. The molecule has 92 valence electrons. The number of thiophene rings is 1. The number of nitrogens with zero attached hydrogens (tertiary/aromatic N) is 2. The highest BCUT2D eigenvalue weighted by Gasteiger charge is 2.26. The maximum Gasteiger partial charge on any atom is 0.264 e. The Labute approximate surface area is 104 Å². The Balaban J connectivity index is 2.13. The number of amides is 2. The molecule has 6 heteroatoms. The molecule has 2 heterocycles. The van der Waals surface area contributed by atoms with Crippen molar-refractivity contribution < 1.29 is 9.59 Å². The lowest BCUT2D eigenvalue weighted by Crippen LogP contribution is -2.50. The Morgan fingerprint density at radius 3 is 2.71 bits per heavy atom. The van der Waals surface area contributed by atoms with Gasteiger partial charge in [0.1, 0.15) is 6.54 Å². The summed E-state index contributed by atoms with van der Waals surface area (Å²) in [6.45, 7) is 3.21. The molecule has 0 bridgehead atoms. The Morgan fingerprint density at radius 2 is 2.18 bits per heavy atom. The van der Waals surface area contributed by atoms with E-state index in [1.54, 1.807) is 22.9 Å². The average molecular weight is 253 g/mol. The lowest BCUT2D eigenvalue weighted by Gasteiger charge is -2.31. The lowest BCUT2D eigenvalue weighted by atomic mass is 10.3. The molecule has 0 atom stereocenters. The number of nitrogens with two attached hydrogens (primary N) is 1. The van der Waals surface area contributed by atoms with E-state index in [2.05, 4.69) is 0 Å². The lowest BCUT2D eigenvalue weighted by molar-refractivity contribution is -0.133. The number of anilines is 1. The number of carbonyl (C=O) groups is 2. The fourth-order valence-corrected chi connectivity index (χ4v) is 2.60. The van der Waals surface area contributed by atoms with Crippen molar-refractivity contribution in [2.24, 2.45) is 0 Å². The van der Waals surface area contributed by atoms with E-state index in [9.17, 15) is 9.59 Å². The minimum Gasteiger partial charge on any atom is -0.398 e. The van der Waals surface area contributed by atoms with Crippen LogP contribution in [0, 0.1) is 6.92 Å². The summed E-state index contributed by atoms with van der Waals surface area (Å²) in [5.41, 5.74) is 6.36. The van der Waals surface area contributed by atoms with Gasteiger partial charge >= 0.3 is 0 Å². The molecule has 1 saturated heterocycles. The highest BCUT2D eigenvalue weighted by molar-refractivity contribution is 7.14. The third kappa shape index (κ3) is 2.26. The van der Waals surface area contributed by atoms with Crippen molar-refractivity contribution in [3.8, 4) is 0 Å². The number of rotatable bonds is 1. The van der Waals surface area contributed by atoms with E-state index < -0.39 is 0 Å². The summed E-state index contributed by atoms with van der Waals surface area (Å²) >= 11 is 1.38. The van der Waals surface area contributed by atoms with Crippen LogP contribution in [0.3, 0.4) is 0 Å². The van der Waals surface area contributed by atoms with Gasteiger partial charge in [-0.1, -0.05) is 0 Å². The van der Waals surface area contributed by atoms with Crippen molar-refractivity contribution in [1.29, 1.82) is 0 Å². The number of hydrogen-bond acceptors (Lipinski definition) is 4. The summed E-state index contributed by atoms with van der Waals surface area (Å²) in [6, 6.07) is 1.69. The molecule has 1 aromatic rings. The van der Waals surface area contributed by atoms with E-state index in [1.165, 1.54) is 11.3 Å². The minimum absolute atomic E-state index is 0.0224. The second kappa shape index (κ2) is 4.37. The number of carbonyl (C=O) groups excluding carboxylic acids is 2. The number of aryl methyl sites for hydroxylation is 1. The first-order valence-electron chi connectivity index (χ1n) is 5.38. The van der Waals surface area contributed by atoms with E-state index in [4.69, 9.17) is 5.73 Å². The molecule has 1 fully saturated rings. The number of nitrogen functional groups attached to an aromatic ring is 1. The average Bonchev–Trinajstić information content (AvgIpc) is 2.62. The van der Waals surface area contributed by atoms with Crippen molar-refractivity contribution in [1.82, 2.24) is 9.80 Å². The predicted molar refractivity (Wildman–Crippen MR) is 67.0 cm³/mol. The zero-order chi connectivity index (χ0) is 12.6. The van der Waals surface area contributed by atoms with Crippen molar-refractivity contribution in [2.75, 3.05) is 32.4 Å². The first kappa shape index (κ1) is 11.9. The molecule has 1 aliphatic rings. The van der Waals surface area contributed by atoms with E-state index in [-0.39, 0.29) is 18.4 Å². The fourth-order valence-electron chi connectivity index (χ4n) is 1.69. The Morgan fingerprint density at radius 1 is 1.47 bits per heavy atom. The van der Waals surface area contributed by atoms with Crippen LogP contribution in [0.5, 0.6) is 0 Å². The van der Waals surface area contributed by atoms with E-state index >= 15 is 0 Å². The summed E-state index contributed by atoms with van der Waals surface area (Å²) in [6.07, 6.45) is 0. The normalized spacial score (nSPS) is 16.5. The topological polar surface area (TPSA) is 66.6 Å². The van der Waals surface area contributed by atoms with Crippen LogP contribution in [0.15, 0.2) is 6.07 Å². The maximum atomic E-state index is 12.1. The monoisotopic (exact) mass is 253 g/mol. The van der Waals surface area contributed by atoms with Gasteiger partial charge in [0, 0.05) is 30.7 Å². The number of likely N-dealkylation sites (N-methyl/N-ethyl adjacent to an activating group) is 1. The van der Waals surface area contributed by atoms with Crippen LogP contribution in [0.4, 0.5) is 5.69 Å². The van der Waals surface area contributed by atoms with Gasteiger partial charge < -0.3 is 15.5 Å². The van der Waals surface area contributed by atoms with Gasteiger partial charge in [0.15, 0.2) is 0 Å². The Bertz CT molecular complexity index is 450. The summed E-state index contributed by atoms with van der Waals surface area (Å²) in [5.74, 6) is -0.123. The van der Waals surface area contributed by atoms with Gasteiger partial charge in [-0.05, 0) is 13.0 Å². The third-order valence-electron chi connectivity index (χ3n) is 2.91. The van der Waals surface area contributed by atoms with Crippen LogP contribution in [-0.2, 0) is 4.79 Å². The van der Waals surface area contributed by atoms with E-state index in [0.717, 1.165) is 4.88 Å². The summed E-state index contributed by atoms with van der Waals surface area (Å²) in [4.78, 5) is 28.4. The second-order valence-corrected chi connectivity index (χ2v) is 5.42. The van der Waals surface area contributed by atoms with Crippen molar-refractivity contribution in [3.63, 3.8) is 0 Å². The summed E-state index contributed by atoms with van der Waals surface area (Å²) < 4.78 is 0.